The molecule has 0 aliphatic carbocycles. The molecule has 0 heterocycles. The molecule has 2 amide bonds. The highest BCUT2D eigenvalue weighted by Gasteiger charge is 2.25. The number of carbonyl (C=O) groups excluding carboxylic acids is 2. The molecule has 1 aromatic carbocycles. The number of benzene rings is 1. The fourth-order valence-electron chi connectivity index (χ4n) is 1.99. The Morgan fingerprint density at radius 3 is 2.19 bits per heavy atom. The lowest BCUT2D eigenvalue weighted by Gasteiger charge is -2.23. The largest absolute Gasteiger partial charge is 0.348 e. The second-order valence-electron chi connectivity index (χ2n) is 5.32. The lowest BCUT2D eigenvalue weighted by atomic mass is 10.0. The molecule has 0 aliphatic heterocycles. The molecule has 6 heteroatoms. The third-order valence-corrected chi connectivity index (χ3v) is 3.10. The van der Waals surface area contributed by atoms with Gasteiger partial charge in [0.05, 0.1) is 6.04 Å². The van der Waals surface area contributed by atoms with Crippen molar-refractivity contribution >= 4 is 11.8 Å². The van der Waals surface area contributed by atoms with Gasteiger partial charge in [-0.2, -0.15) is 0 Å². The minimum Gasteiger partial charge on any atom is -0.348 e. The van der Waals surface area contributed by atoms with Crippen molar-refractivity contribution in [2.24, 2.45) is 5.92 Å². The highest BCUT2D eigenvalue weighted by molar-refractivity contribution is 5.87. The average molecular weight is 298 g/mol. The molecule has 1 rings (SSSR count). The van der Waals surface area contributed by atoms with Gasteiger partial charge in [-0.3, -0.25) is 9.59 Å². The van der Waals surface area contributed by atoms with Gasteiger partial charge in [0.2, 0.25) is 11.8 Å². The monoisotopic (exact) mass is 298 g/mol. The molecule has 0 spiro atoms. The van der Waals surface area contributed by atoms with E-state index in [-0.39, 0.29) is 17.4 Å². The molecule has 2 N–H and O–H groups in total. The maximum atomic E-state index is 13.7. The van der Waals surface area contributed by atoms with Crippen LogP contribution in [-0.2, 0) is 9.59 Å². The smallest absolute Gasteiger partial charge is 0.243 e. The first-order valence-corrected chi connectivity index (χ1v) is 6.74. The van der Waals surface area contributed by atoms with E-state index in [1.165, 1.54) is 13.0 Å². The van der Waals surface area contributed by atoms with Crippen LogP contribution in [0, 0.1) is 17.6 Å². The summed E-state index contributed by atoms with van der Waals surface area (Å²) in [5.41, 5.74) is 0.190. The van der Waals surface area contributed by atoms with Crippen LogP contribution in [0.5, 0.6) is 0 Å². The quantitative estimate of drug-likeness (QED) is 0.876. The molecule has 4 nitrogen and oxygen atoms in total. The molecule has 21 heavy (non-hydrogen) atoms. The summed E-state index contributed by atoms with van der Waals surface area (Å²) in [5, 5.41) is 5.18. The van der Waals surface area contributed by atoms with Gasteiger partial charge >= 0.3 is 0 Å². The van der Waals surface area contributed by atoms with Crippen LogP contribution < -0.4 is 10.6 Å². The molecule has 0 fully saturated rings. The zero-order valence-corrected chi connectivity index (χ0v) is 12.5. The summed E-state index contributed by atoms with van der Waals surface area (Å²) >= 11 is 0. The average Bonchev–Trinajstić information content (AvgIpc) is 2.34. The summed E-state index contributed by atoms with van der Waals surface area (Å²) in [5.74, 6) is -2.23. The van der Waals surface area contributed by atoms with Gasteiger partial charge in [0, 0.05) is 18.6 Å². The first-order valence-electron chi connectivity index (χ1n) is 6.74. The van der Waals surface area contributed by atoms with Crippen molar-refractivity contribution in [3.8, 4) is 0 Å². The molecule has 0 saturated carbocycles. The van der Waals surface area contributed by atoms with E-state index in [0.29, 0.717) is 0 Å². The number of hydrogen-bond donors (Lipinski definition) is 2. The Bertz CT molecular complexity index is 532. The lowest BCUT2D eigenvalue weighted by Crippen LogP contribution is -2.49. The standard InChI is InChI=1S/C15H20F2N2O2/c1-8(2)14(19-10(4)20)15(21)18-9(3)12-6-5-11(16)7-13(12)17/h5-9,14H,1-4H3,(H,18,21)(H,19,20). The molecule has 0 aliphatic rings. The van der Waals surface area contributed by atoms with Crippen LogP contribution in [0.25, 0.3) is 0 Å². The third-order valence-electron chi connectivity index (χ3n) is 3.10. The highest BCUT2D eigenvalue weighted by atomic mass is 19.1. The third kappa shape index (κ3) is 4.81. The zero-order chi connectivity index (χ0) is 16.2. The van der Waals surface area contributed by atoms with Crippen LogP contribution in [0.2, 0.25) is 0 Å². The number of amides is 2. The molecule has 1 aromatic rings. The second kappa shape index (κ2) is 7.15. The fourth-order valence-corrected chi connectivity index (χ4v) is 1.99. The van der Waals surface area contributed by atoms with Gasteiger partial charge < -0.3 is 10.6 Å². The van der Waals surface area contributed by atoms with Gasteiger partial charge in [-0.05, 0) is 18.9 Å². The summed E-state index contributed by atoms with van der Waals surface area (Å²) < 4.78 is 26.5. The van der Waals surface area contributed by atoms with Crippen molar-refractivity contribution < 1.29 is 18.4 Å². The maximum Gasteiger partial charge on any atom is 0.243 e. The van der Waals surface area contributed by atoms with Crippen molar-refractivity contribution in [1.29, 1.82) is 0 Å². The Kier molecular flexibility index (Phi) is 5.81. The van der Waals surface area contributed by atoms with E-state index in [1.807, 2.05) is 0 Å². The molecule has 0 radical (unpaired) electrons. The van der Waals surface area contributed by atoms with E-state index in [1.54, 1.807) is 20.8 Å². The van der Waals surface area contributed by atoms with Crippen LogP contribution in [0.15, 0.2) is 18.2 Å². The molecule has 0 aromatic heterocycles. The van der Waals surface area contributed by atoms with E-state index in [4.69, 9.17) is 0 Å². The minimum absolute atomic E-state index is 0.112. The maximum absolute atomic E-state index is 13.7. The van der Waals surface area contributed by atoms with Crippen LogP contribution >= 0.6 is 0 Å². The van der Waals surface area contributed by atoms with Crippen molar-refractivity contribution in [3.05, 3.63) is 35.4 Å². The Hall–Kier alpha value is -1.98. The predicted molar refractivity (Wildman–Crippen MR) is 75.4 cm³/mol. The van der Waals surface area contributed by atoms with Crippen molar-refractivity contribution in [2.45, 2.75) is 39.8 Å². The van der Waals surface area contributed by atoms with Crippen molar-refractivity contribution in [2.75, 3.05) is 0 Å². The summed E-state index contributed by atoms with van der Waals surface area (Å²) in [7, 11) is 0. The minimum atomic E-state index is -0.719. The number of halogens is 2. The van der Waals surface area contributed by atoms with Gasteiger partial charge in [-0.25, -0.2) is 8.78 Å². The number of nitrogens with one attached hydrogen (secondary N) is 2. The normalized spacial score (nSPS) is 13.7. The fraction of sp³-hybridized carbons (Fsp3) is 0.467. The molecule has 2 unspecified atom stereocenters. The Balaban J connectivity index is 2.82. The predicted octanol–water partition coefficient (Wildman–Crippen LogP) is 2.30. The Labute approximate surface area is 122 Å². The summed E-state index contributed by atoms with van der Waals surface area (Å²) in [6.07, 6.45) is 0. The topological polar surface area (TPSA) is 58.2 Å². The highest BCUT2D eigenvalue weighted by Crippen LogP contribution is 2.18. The molecular formula is C15H20F2N2O2. The Morgan fingerprint density at radius 1 is 1.10 bits per heavy atom. The molecule has 0 bridgehead atoms. The van der Waals surface area contributed by atoms with E-state index < -0.39 is 29.6 Å². The first-order chi connectivity index (χ1) is 9.72. The SMILES string of the molecule is CC(=O)NC(C(=O)NC(C)c1ccc(F)cc1F)C(C)C. The Morgan fingerprint density at radius 2 is 1.71 bits per heavy atom. The van der Waals surface area contributed by atoms with Crippen LogP contribution in [0.1, 0.15) is 39.3 Å². The van der Waals surface area contributed by atoms with Gasteiger partial charge in [-0.15, -0.1) is 0 Å². The number of hydrogen-bond acceptors (Lipinski definition) is 2. The summed E-state index contributed by atoms with van der Waals surface area (Å²) in [6, 6.07) is 1.86. The number of carbonyl (C=O) groups is 2. The van der Waals surface area contributed by atoms with Crippen molar-refractivity contribution in [3.63, 3.8) is 0 Å². The van der Waals surface area contributed by atoms with Crippen LogP contribution in [-0.4, -0.2) is 17.9 Å². The molecular weight excluding hydrogens is 278 g/mol. The van der Waals surface area contributed by atoms with E-state index in [0.717, 1.165) is 12.1 Å². The van der Waals surface area contributed by atoms with Crippen molar-refractivity contribution in [1.82, 2.24) is 10.6 Å². The van der Waals surface area contributed by atoms with Crippen LogP contribution in [0.4, 0.5) is 8.78 Å². The van der Waals surface area contributed by atoms with Gasteiger partial charge in [-0.1, -0.05) is 19.9 Å². The number of rotatable bonds is 5. The lowest BCUT2D eigenvalue weighted by molar-refractivity contribution is -0.129. The molecule has 116 valence electrons. The van der Waals surface area contributed by atoms with Gasteiger partial charge in [0.1, 0.15) is 17.7 Å². The second-order valence-corrected chi connectivity index (χ2v) is 5.32. The molecule has 2 atom stereocenters. The molecule has 0 saturated heterocycles. The summed E-state index contributed by atoms with van der Waals surface area (Å²) in [6.45, 7) is 6.51. The van der Waals surface area contributed by atoms with E-state index in [2.05, 4.69) is 10.6 Å². The zero-order valence-electron chi connectivity index (χ0n) is 12.5. The summed E-state index contributed by atoms with van der Waals surface area (Å²) in [4.78, 5) is 23.3. The van der Waals surface area contributed by atoms with Crippen LogP contribution in [0.3, 0.4) is 0 Å². The van der Waals surface area contributed by atoms with Gasteiger partial charge in [0.15, 0.2) is 0 Å². The van der Waals surface area contributed by atoms with E-state index >= 15 is 0 Å². The van der Waals surface area contributed by atoms with E-state index in [9.17, 15) is 18.4 Å². The first kappa shape index (κ1) is 17.1. The van der Waals surface area contributed by atoms with Gasteiger partial charge in [0.25, 0.3) is 0 Å².